The molecule has 1 saturated heterocycles. The first-order valence-corrected chi connectivity index (χ1v) is 7.35. The molecule has 4 atom stereocenters. The van der Waals surface area contributed by atoms with Crippen molar-refractivity contribution in [1.29, 1.82) is 0 Å². The highest BCUT2D eigenvalue weighted by Gasteiger charge is 2.47. The third kappa shape index (κ3) is 4.15. The van der Waals surface area contributed by atoms with E-state index in [2.05, 4.69) is 19.2 Å². The maximum absolute atomic E-state index is 11.5. The van der Waals surface area contributed by atoms with Crippen LogP contribution in [0.4, 0.5) is 0 Å². The van der Waals surface area contributed by atoms with Crippen molar-refractivity contribution in [1.82, 2.24) is 10.2 Å². The van der Waals surface area contributed by atoms with E-state index in [-0.39, 0.29) is 18.9 Å². The van der Waals surface area contributed by atoms with Gasteiger partial charge < -0.3 is 20.6 Å². The maximum atomic E-state index is 11.5. The number of aliphatic hydroxyl groups is 3. The van der Waals surface area contributed by atoms with Crippen molar-refractivity contribution >= 4 is 5.91 Å². The summed E-state index contributed by atoms with van der Waals surface area (Å²) in [6, 6.07) is -0.930. The fourth-order valence-corrected chi connectivity index (χ4v) is 2.85. The Morgan fingerprint density at radius 2 is 1.85 bits per heavy atom. The van der Waals surface area contributed by atoms with E-state index in [1.807, 2.05) is 4.90 Å². The molecule has 118 valence electrons. The highest BCUT2D eigenvalue weighted by molar-refractivity contribution is 5.76. The molecule has 6 nitrogen and oxygen atoms in total. The van der Waals surface area contributed by atoms with Crippen LogP contribution < -0.4 is 5.32 Å². The first-order chi connectivity index (χ1) is 9.42. The summed E-state index contributed by atoms with van der Waals surface area (Å²) >= 11 is 0. The second-order valence-corrected chi connectivity index (χ2v) is 5.95. The van der Waals surface area contributed by atoms with Crippen molar-refractivity contribution in [2.24, 2.45) is 5.92 Å². The predicted molar refractivity (Wildman–Crippen MR) is 76.1 cm³/mol. The lowest BCUT2D eigenvalue weighted by Crippen LogP contribution is -2.43. The summed E-state index contributed by atoms with van der Waals surface area (Å²) in [6.45, 7) is 4.72. The molecule has 1 aliphatic rings. The lowest BCUT2D eigenvalue weighted by atomic mass is 10.1. The van der Waals surface area contributed by atoms with Gasteiger partial charge in [0.1, 0.15) is 0 Å². The van der Waals surface area contributed by atoms with Gasteiger partial charge in [-0.25, -0.2) is 0 Å². The van der Waals surface area contributed by atoms with E-state index >= 15 is 0 Å². The number of hydrogen-bond donors (Lipinski definition) is 4. The Balaban J connectivity index is 2.72. The molecule has 0 radical (unpaired) electrons. The highest BCUT2D eigenvalue weighted by Crippen LogP contribution is 2.28. The van der Waals surface area contributed by atoms with E-state index in [0.717, 1.165) is 12.8 Å². The van der Waals surface area contributed by atoms with Gasteiger partial charge in [0.25, 0.3) is 0 Å². The molecule has 1 amide bonds. The number of rotatable bonds is 7. The monoisotopic (exact) mass is 288 g/mol. The lowest BCUT2D eigenvalue weighted by molar-refractivity contribution is -0.122. The van der Waals surface area contributed by atoms with Crippen LogP contribution in [0.1, 0.15) is 33.1 Å². The quantitative estimate of drug-likeness (QED) is 0.498. The van der Waals surface area contributed by atoms with Crippen LogP contribution in [0.3, 0.4) is 0 Å². The minimum absolute atomic E-state index is 0.132. The molecule has 6 heteroatoms. The van der Waals surface area contributed by atoms with Crippen LogP contribution >= 0.6 is 0 Å². The molecular weight excluding hydrogens is 260 g/mol. The smallest absolute Gasteiger partial charge is 0.221 e. The molecule has 0 aromatic heterocycles. The molecule has 4 N–H and O–H groups in total. The molecule has 0 aromatic carbocycles. The summed E-state index contributed by atoms with van der Waals surface area (Å²) in [5.41, 5.74) is 0. The van der Waals surface area contributed by atoms with Crippen molar-refractivity contribution in [2.45, 2.75) is 57.4 Å². The number of aliphatic hydroxyl groups excluding tert-OH is 3. The van der Waals surface area contributed by atoms with Crippen LogP contribution in [0.25, 0.3) is 0 Å². The van der Waals surface area contributed by atoms with Gasteiger partial charge in [0, 0.05) is 19.5 Å². The third-order valence-electron chi connectivity index (χ3n) is 4.05. The molecular formula is C14H28N2O4. The first-order valence-electron chi connectivity index (χ1n) is 7.35. The molecule has 20 heavy (non-hydrogen) atoms. The Bertz CT molecular complexity index is 312. The Labute approximate surface area is 120 Å². The number of amides is 1. The van der Waals surface area contributed by atoms with Crippen LogP contribution in [-0.4, -0.2) is 70.6 Å². The van der Waals surface area contributed by atoms with Crippen molar-refractivity contribution in [3.63, 3.8) is 0 Å². The van der Waals surface area contributed by atoms with Gasteiger partial charge in [-0.3, -0.25) is 9.69 Å². The SMILES string of the molecule is CNC(=O)C[C@@H]1[C@H](O)[C@H](O)[C@@H](CO)N1CCCC(C)C. The van der Waals surface area contributed by atoms with Crippen molar-refractivity contribution in [3.05, 3.63) is 0 Å². The fourth-order valence-electron chi connectivity index (χ4n) is 2.85. The van der Waals surface area contributed by atoms with Gasteiger partial charge in [0.05, 0.1) is 24.9 Å². The summed E-state index contributed by atoms with van der Waals surface area (Å²) in [5.74, 6) is 0.408. The number of carbonyl (C=O) groups excluding carboxylic acids is 1. The Morgan fingerprint density at radius 1 is 1.25 bits per heavy atom. The van der Waals surface area contributed by atoms with Gasteiger partial charge in [0.15, 0.2) is 0 Å². The van der Waals surface area contributed by atoms with Gasteiger partial charge >= 0.3 is 0 Å². The second-order valence-electron chi connectivity index (χ2n) is 5.95. The van der Waals surface area contributed by atoms with Crippen molar-refractivity contribution in [2.75, 3.05) is 20.2 Å². The van der Waals surface area contributed by atoms with Gasteiger partial charge in [-0.2, -0.15) is 0 Å². The number of nitrogens with zero attached hydrogens (tertiary/aromatic N) is 1. The molecule has 1 aliphatic heterocycles. The summed E-state index contributed by atoms with van der Waals surface area (Å²) in [7, 11) is 1.55. The molecule has 1 fully saturated rings. The molecule has 0 saturated carbocycles. The molecule has 0 aliphatic carbocycles. The average molecular weight is 288 g/mol. The van der Waals surface area contributed by atoms with Crippen LogP contribution in [0.2, 0.25) is 0 Å². The second kappa shape index (κ2) is 7.93. The van der Waals surface area contributed by atoms with Crippen LogP contribution in [-0.2, 0) is 4.79 Å². The van der Waals surface area contributed by atoms with Gasteiger partial charge in [-0.15, -0.1) is 0 Å². The van der Waals surface area contributed by atoms with Crippen LogP contribution in [0.5, 0.6) is 0 Å². The number of hydrogen-bond acceptors (Lipinski definition) is 5. The largest absolute Gasteiger partial charge is 0.395 e. The minimum Gasteiger partial charge on any atom is -0.395 e. The highest BCUT2D eigenvalue weighted by atomic mass is 16.3. The van der Waals surface area contributed by atoms with Crippen molar-refractivity contribution in [3.8, 4) is 0 Å². The zero-order valence-corrected chi connectivity index (χ0v) is 12.6. The van der Waals surface area contributed by atoms with E-state index in [1.54, 1.807) is 7.05 Å². The molecule has 1 heterocycles. The topological polar surface area (TPSA) is 93.0 Å². The Morgan fingerprint density at radius 3 is 2.35 bits per heavy atom. The van der Waals surface area contributed by atoms with Gasteiger partial charge in [-0.1, -0.05) is 13.8 Å². The minimum atomic E-state index is -1.01. The average Bonchev–Trinajstić information content (AvgIpc) is 2.62. The first kappa shape index (κ1) is 17.4. The van der Waals surface area contributed by atoms with E-state index in [4.69, 9.17) is 0 Å². The van der Waals surface area contributed by atoms with Crippen molar-refractivity contribution < 1.29 is 20.1 Å². The van der Waals surface area contributed by atoms with E-state index in [9.17, 15) is 20.1 Å². The standard InChI is InChI=1S/C14H28N2O4/c1-9(2)5-4-6-16-10(7-12(18)15-3)13(19)14(20)11(16)8-17/h9-11,13-14,17,19-20H,4-8H2,1-3H3,(H,15,18)/t10-,11-,13+,14-/m1/s1. The van der Waals surface area contributed by atoms with E-state index < -0.39 is 24.3 Å². The maximum Gasteiger partial charge on any atom is 0.221 e. The van der Waals surface area contributed by atoms with Gasteiger partial charge in [0.2, 0.25) is 5.91 Å². The zero-order chi connectivity index (χ0) is 15.3. The molecule has 1 rings (SSSR count). The van der Waals surface area contributed by atoms with Crippen LogP contribution in [0.15, 0.2) is 0 Å². The molecule has 0 spiro atoms. The van der Waals surface area contributed by atoms with E-state index in [1.165, 1.54) is 0 Å². The summed E-state index contributed by atoms with van der Waals surface area (Å²) in [5, 5.41) is 32.1. The fraction of sp³-hybridized carbons (Fsp3) is 0.929. The van der Waals surface area contributed by atoms with Gasteiger partial charge in [-0.05, 0) is 25.3 Å². The molecule has 0 unspecified atom stereocenters. The summed E-state index contributed by atoms with van der Waals surface area (Å²) in [4.78, 5) is 13.4. The van der Waals surface area contributed by atoms with Crippen LogP contribution in [0, 0.1) is 5.92 Å². The Hall–Kier alpha value is -0.690. The lowest BCUT2D eigenvalue weighted by Gasteiger charge is -2.29. The Kier molecular flexibility index (Phi) is 6.88. The number of likely N-dealkylation sites (tertiary alicyclic amines) is 1. The van der Waals surface area contributed by atoms with E-state index in [0.29, 0.717) is 12.5 Å². The summed E-state index contributed by atoms with van der Waals surface area (Å²) in [6.07, 6.45) is 0.0790. The zero-order valence-electron chi connectivity index (χ0n) is 12.6. The number of carbonyl (C=O) groups is 1. The predicted octanol–water partition coefficient (Wildman–Crippen LogP) is -0.674. The third-order valence-corrected chi connectivity index (χ3v) is 4.05. The molecule has 0 aromatic rings. The summed E-state index contributed by atoms with van der Waals surface area (Å²) < 4.78 is 0. The number of nitrogens with one attached hydrogen (secondary N) is 1. The molecule has 0 bridgehead atoms. The normalized spacial score (nSPS) is 30.9.